The molecule has 5 nitrogen and oxygen atoms in total. The number of rotatable bonds is 5. The lowest BCUT2D eigenvalue weighted by Gasteiger charge is -2.29. The molecule has 1 aliphatic carbocycles. The Morgan fingerprint density at radius 3 is 2.65 bits per heavy atom. The third-order valence-electron chi connectivity index (χ3n) is 4.75. The lowest BCUT2D eigenvalue weighted by atomic mass is 9.91. The van der Waals surface area contributed by atoms with Gasteiger partial charge in [0.1, 0.15) is 5.82 Å². The van der Waals surface area contributed by atoms with E-state index in [9.17, 15) is 0 Å². The Kier molecular flexibility index (Phi) is 5.13. The van der Waals surface area contributed by atoms with Crippen LogP contribution in [0, 0.1) is 0 Å². The predicted molar refractivity (Wildman–Crippen MR) is 109 cm³/mol. The monoisotopic (exact) mass is 365 g/mol. The van der Waals surface area contributed by atoms with Gasteiger partial charge >= 0.3 is 0 Å². The zero-order valence-corrected chi connectivity index (χ0v) is 15.4. The highest BCUT2D eigenvalue weighted by atomic mass is 32.1. The van der Waals surface area contributed by atoms with Crippen molar-refractivity contribution in [2.75, 3.05) is 10.6 Å². The standard InChI is InChI=1S/C20H23N5S/c21-16-4-1-2-5-17(16)24-20-22-12-11-19(25-20)23-15-9-7-14(8-10-15)18-6-3-13-26-18/h3,6-13,16-17H,1-2,4-5,21H2,(H2,22,23,24,25)/t16-,17+/m0/s1. The summed E-state index contributed by atoms with van der Waals surface area (Å²) in [5.41, 5.74) is 8.44. The Balaban J connectivity index is 1.43. The van der Waals surface area contributed by atoms with E-state index in [2.05, 4.69) is 62.4 Å². The highest BCUT2D eigenvalue weighted by Gasteiger charge is 2.22. The van der Waals surface area contributed by atoms with E-state index in [0.717, 1.165) is 24.3 Å². The van der Waals surface area contributed by atoms with Gasteiger partial charge in [-0.05, 0) is 48.1 Å². The maximum Gasteiger partial charge on any atom is 0.224 e. The van der Waals surface area contributed by atoms with Crippen LogP contribution in [0.2, 0.25) is 0 Å². The van der Waals surface area contributed by atoms with E-state index in [4.69, 9.17) is 5.73 Å². The summed E-state index contributed by atoms with van der Waals surface area (Å²) in [4.78, 5) is 10.2. The van der Waals surface area contributed by atoms with Gasteiger partial charge in [-0.3, -0.25) is 0 Å². The number of nitrogens with two attached hydrogens (primary N) is 1. The Morgan fingerprint density at radius 1 is 1.04 bits per heavy atom. The number of hydrogen-bond donors (Lipinski definition) is 3. The van der Waals surface area contributed by atoms with Crippen molar-refractivity contribution in [3.8, 4) is 10.4 Å². The van der Waals surface area contributed by atoms with Crippen molar-refractivity contribution in [1.82, 2.24) is 9.97 Å². The molecule has 0 unspecified atom stereocenters. The van der Waals surface area contributed by atoms with Gasteiger partial charge in [0.05, 0.1) is 0 Å². The van der Waals surface area contributed by atoms with Gasteiger partial charge in [0.15, 0.2) is 0 Å². The smallest absolute Gasteiger partial charge is 0.224 e. The van der Waals surface area contributed by atoms with Crippen LogP contribution in [-0.2, 0) is 0 Å². The molecule has 2 heterocycles. The third-order valence-corrected chi connectivity index (χ3v) is 5.67. The van der Waals surface area contributed by atoms with E-state index < -0.39 is 0 Å². The number of benzene rings is 1. The van der Waals surface area contributed by atoms with Crippen molar-refractivity contribution in [3.63, 3.8) is 0 Å². The van der Waals surface area contributed by atoms with Crippen molar-refractivity contribution in [2.24, 2.45) is 5.73 Å². The average Bonchev–Trinajstić information content (AvgIpc) is 3.19. The molecule has 1 fully saturated rings. The fraction of sp³-hybridized carbons (Fsp3) is 0.300. The number of aromatic nitrogens is 2. The molecule has 6 heteroatoms. The largest absolute Gasteiger partial charge is 0.350 e. The molecule has 134 valence electrons. The molecular weight excluding hydrogens is 342 g/mol. The van der Waals surface area contributed by atoms with Crippen LogP contribution in [0.1, 0.15) is 25.7 Å². The summed E-state index contributed by atoms with van der Waals surface area (Å²) in [6.07, 6.45) is 6.33. The van der Waals surface area contributed by atoms with Crippen molar-refractivity contribution in [1.29, 1.82) is 0 Å². The molecule has 0 aliphatic heterocycles. The van der Waals surface area contributed by atoms with Crippen molar-refractivity contribution < 1.29 is 0 Å². The first-order chi connectivity index (χ1) is 12.8. The SMILES string of the molecule is N[C@H]1CCCC[C@H]1Nc1nccc(Nc2ccc(-c3cccs3)cc2)n1. The average molecular weight is 366 g/mol. The Bertz CT molecular complexity index is 832. The molecule has 1 aromatic carbocycles. The highest BCUT2D eigenvalue weighted by molar-refractivity contribution is 7.13. The van der Waals surface area contributed by atoms with Crippen LogP contribution in [0.25, 0.3) is 10.4 Å². The van der Waals surface area contributed by atoms with E-state index in [1.165, 1.54) is 23.3 Å². The van der Waals surface area contributed by atoms with Crippen molar-refractivity contribution in [2.45, 2.75) is 37.8 Å². The Labute approximate surface area is 157 Å². The molecular formula is C20H23N5S. The topological polar surface area (TPSA) is 75.9 Å². The van der Waals surface area contributed by atoms with Crippen LogP contribution >= 0.6 is 11.3 Å². The maximum absolute atomic E-state index is 6.21. The zero-order valence-electron chi connectivity index (χ0n) is 14.6. The van der Waals surface area contributed by atoms with E-state index in [0.29, 0.717) is 5.95 Å². The van der Waals surface area contributed by atoms with Crippen LogP contribution in [-0.4, -0.2) is 22.1 Å². The summed E-state index contributed by atoms with van der Waals surface area (Å²) in [6.45, 7) is 0. The van der Waals surface area contributed by atoms with Crippen molar-refractivity contribution >= 4 is 28.8 Å². The Hall–Kier alpha value is -2.44. The molecule has 4 N–H and O–H groups in total. The summed E-state index contributed by atoms with van der Waals surface area (Å²) in [5.74, 6) is 1.41. The zero-order chi connectivity index (χ0) is 17.8. The molecule has 4 rings (SSSR count). The molecule has 0 spiro atoms. The maximum atomic E-state index is 6.21. The van der Waals surface area contributed by atoms with Gasteiger partial charge in [0.25, 0.3) is 0 Å². The second-order valence-corrected chi connectivity index (χ2v) is 7.59. The van der Waals surface area contributed by atoms with E-state index in [-0.39, 0.29) is 12.1 Å². The molecule has 2 atom stereocenters. The first kappa shape index (κ1) is 17.0. The van der Waals surface area contributed by atoms with E-state index in [1.54, 1.807) is 17.5 Å². The van der Waals surface area contributed by atoms with Crippen LogP contribution < -0.4 is 16.4 Å². The molecule has 0 amide bonds. The lowest BCUT2D eigenvalue weighted by Crippen LogP contribution is -2.42. The van der Waals surface area contributed by atoms with Gasteiger partial charge in [0.2, 0.25) is 5.95 Å². The quantitative estimate of drug-likeness (QED) is 0.614. The Morgan fingerprint density at radius 2 is 1.88 bits per heavy atom. The highest BCUT2D eigenvalue weighted by Crippen LogP contribution is 2.27. The number of thiophene rings is 1. The minimum absolute atomic E-state index is 0.175. The number of hydrogen-bond acceptors (Lipinski definition) is 6. The number of nitrogens with one attached hydrogen (secondary N) is 2. The summed E-state index contributed by atoms with van der Waals surface area (Å²) in [6, 6.07) is 14.9. The minimum atomic E-state index is 0.175. The van der Waals surface area contributed by atoms with E-state index in [1.807, 2.05) is 6.07 Å². The summed E-state index contributed by atoms with van der Waals surface area (Å²) in [5, 5.41) is 8.84. The molecule has 26 heavy (non-hydrogen) atoms. The van der Waals surface area contributed by atoms with Crippen LogP contribution in [0.5, 0.6) is 0 Å². The summed E-state index contributed by atoms with van der Waals surface area (Å²) >= 11 is 1.74. The first-order valence-corrected chi connectivity index (χ1v) is 9.92. The van der Waals surface area contributed by atoms with Gasteiger partial charge in [0, 0.05) is 28.8 Å². The van der Waals surface area contributed by atoms with Gasteiger partial charge < -0.3 is 16.4 Å². The minimum Gasteiger partial charge on any atom is -0.350 e. The van der Waals surface area contributed by atoms with Crippen LogP contribution in [0.15, 0.2) is 54.0 Å². The summed E-state index contributed by atoms with van der Waals surface area (Å²) < 4.78 is 0. The first-order valence-electron chi connectivity index (χ1n) is 9.04. The van der Waals surface area contributed by atoms with Gasteiger partial charge in [-0.25, -0.2) is 4.98 Å². The second-order valence-electron chi connectivity index (χ2n) is 6.64. The van der Waals surface area contributed by atoms with E-state index >= 15 is 0 Å². The van der Waals surface area contributed by atoms with Crippen LogP contribution in [0.4, 0.5) is 17.5 Å². The molecule has 0 saturated heterocycles. The molecule has 0 bridgehead atoms. The fourth-order valence-electron chi connectivity index (χ4n) is 3.31. The second kappa shape index (κ2) is 7.85. The molecule has 1 aliphatic rings. The van der Waals surface area contributed by atoms with Gasteiger partial charge in [-0.15, -0.1) is 11.3 Å². The molecule has 1 saturated carbocycles. The normalized spacial score (nSPS) is 19.9. The van der Waals surface area contributed by atoms with Gasteiger partial charge in [-0.1, -0.05) is 31.0 Å². The number of nitrogens with zero attached hydrogens (tertiary/aromatic N) is 2. The predicted octanol–water partition coefficient (Wildman–Crippen LogP) is 4.63. The van der Waals surface area contributed by atoms with Gasteiger partial charge in [-0.2, -0.15) is 4.98 Å². The molecule has 0 radical (unpaired) electrons. The third kappa shape index (κ3) is 4.03. The van der Waals surface area contributed by atoms with Crippen LogP contribution in [0.3, 0.4) is 0 Å². The number of anilines is 3. The molecule has 2 aromatic heterocycles. The summed E-state index contributed by atoms with van der Waals surface area (Å²) in [7, 11) is 0. The van der Waals surface area contributed by atoms with Crippen molar-refractivity contribution in [3.05, 3.63) is 54.0 Å². The molecule has 3 aromatic rings. The fourth-order valence-corrected chi connectivity index (χ4v) is 4.04. The lowest BCUT2D eigenvalue weighted by molar-refractivity contribution is 0.402.